The molecular weight excluding hydrogens is 280 g/mol. The van der Waals surface area contributed by atoms with Crippen LogP contribution in [-0.4, -0.2) is 10.5 Å². The van der Waals surface area contributed by atoms with Crippen LogP contribution in [0.5, 0.6) is 0 Å². The number of aryl methyl sites for hydroxylation is 2. The van der Waals surface area contributed by atoms with Gasteiger partial charge in [-0.2, -0.15) is 0 Å². The van der Waals surface area contributed by atoms with Crippen LogP contribution >= 0.6 is 0 Å². The number of amides is 1. The maximum absolute atomic E-state index is 12.3. The molecule has 0 atom stereocenters. The summed E-state index contributed by atoms with van der Waals surface area (Å²) in [4.78, 5) is 23.7. The Morgan fingerprint density at radius 3 is 2.77 bits per heavy atom. The van der Waals surface area contributed by atoms with E-state index in [1.165, 1.54) is 4.57 Å². The molecule has 0 aliphatic carbocycles. The van der Waals surface area contributed by atoms with Gasteiger partial charge in [-0.15, -0.1) is 0 Å². The van der Waals surface area contributed by atoms with Crippen LogP contribution in [0.15, 0.2) is 51.7 Å². The summed E-state index contributed by atoms with van der Waals surface area (Å²) < 4.78 is 6.44. The monoisotopic (exact) mass is 296 g/mol. The number of nitrogens with zero attached hydrogens (tertiary/aromatic N) is 1. The molecule has 0 radical (unpaired) electrons. The number of oxazole rings is 1. The molecule has 1 heterocycles. The van der Waals surface area contributed by atoms with Gasteiger partial charge in [0.15, 0.2) is 5.58 Å². The molecular formula is C17H16N2O3. The van der Waals surface area contributed by atoms with Gasteiger partial charge in [0.25, 0.3) is 5.91 Å². The SMILES string of the molecule is Cc1ccccc1CNC(=O)c1ccc2oc(=O)n(C)c2c1. The van der Waals surface area contributed by atoms with Crippen LogP contribution in [0.1, 0.15) is 21.5 Å². The molecule has 2 aromatic carbocycles. The fourth-order valence-electron chi connectivity index (χ4n) is 2.35. The molecule has 3 rings (SSSR count). The van der Waals surface area contributed by atoms with Gasteiger partial charge >= 0.3 is 5.76 Å². The van der Waals surface area contributed by atoms with E-state index >= 15 is 0 Å². The van der Waals surface area contributed by atoms with Gasteiger partial charge in [-0.3, -0.25) is 9.36 Å². The number of benzene rings is 2. The van der Waals surface area contributed by atoms with E-state index in [4.69, 9.17) is 4.42 Å². The van der Waals surface area contributed by atoms with Crippen molar-refractivity contribution in [1.29, 1.82) is 0 Å². The summed E-state index contributed by atoms with van der Waals surface area (Å²) in [6.07, 6.45) is 0. The van der Waals surface area contributed by atoms with Gasteiger partial charge in [-0.25, -0.2) is 4.79 Å². The highest BCUT2D eigenvalue weighted by Crippen LogP contribution is 2.14. The van der Waals surface area contributed by atoms with Crippen molar-refractivity contribution in [2.75, 3.05) is 0 Å². The zero-order chi connectivity index (χ0) is 15.7. The van der Waals surface area contributed by atoms with Crippen molar-refractivity contribution < 1.29 is 9.21 Å². The summed E-state index contributed by atoms with van der Waals surface area (Å²) in [5.41, 5.74) is 3.79. The quantitative estimate of drug-likeness (QED) is 0.807. The minimum atomic E-state index is -0.438. The fraction of sp³-hybridized carbons (Fsp3) is 0.176. The topological polar surface area (TPSA) is 64.2 Å². The second-order valence-electron chi connectivity index (χ2n) is 5.22. The van der Waals surface area contributed by atoms with E-state index in [0.717, 1.165) is 11.1 Å². The number of hydrogen-bond acceptors (Lipinski definition) is 3. The third-order valence-corrected chi connectivity index (χ3v) is 3.75. The molecule has 1 N–H and O–H groups in total. The first-order chi connectivity index (χ1) is 10.6. The fourth-order valence-corrected chi connectivity index (χ4v) is 2.35. The van der Waals surface area contributed by atoms with E-state index in [-0.39, 0.29) is 5.91 Å². The minimum Gasteiger partial charge on any atom is -0.408 e. The van der Waals surface area contributed by atoms with Gasteiger partial charge in [-0.05, 0) is 36.2 Å². The van der Waals surface area contributed by atoms with Gasteiger partial charge in [-0.1, -0.05) is 24.3 Å². The number of aromatic nitrogens is 1. The first-order valence-corrected chi connectivity index (χ1v) is 6.98. The Balaban J connectivity index is 1.82. The highest BCUT2D eigenvalue weighted by atomic mass is 16.4. The largest absolute Gasteiger partial charge is 0.419 e. The second-order valence-corrected chi connectivity index (χ2v) is 5.22. The molecule has 112 valence electrons. The molecule has 5 heteroatoms. The molecule has 0 aliphatic heterocycles. The summed E-state index contributed by atoms with van der Waals surface area (Å²) in [5, 5.41) is 2.89. The van der Waals surface area contributed by atoms with Crippen molar-refractivity contribution in [2.45, 2.75) is 13.5 Å². The van der Waals surface area contributed by atoms with Crippen molar-refractivity contribution in [3.05, 3.63) is 69.7 Å². The van der Waals surface area contributed by atoms with Gasteiger partial charge in [0.05, 0.1) is 5.52 Å². The Kier molecular flexibility index (Phi) is 3.55. The van der Waals surface area contributed by atoms with Crippen LogP contribution in [-0.2, 0) is 13.6 Å². The third-order valence-electron chi connectivity index (χ3n) is 3.75. The molecule has 0 saturated carbocycles. The highest BCUT2D eigenvalue weighted by Gasteiger charge is 2.11. The standard InChI is InChI=1S/C17H16N2O3/c1-11-5-3-4-6-13(11)10-18-16(20)12-7-8-15-14(9-12)19(2)17(21)22-15/h3-9H,10H2,1-2H3,(H,18,20). The van der Waals surface area contributed by atoms with Crippen LogP contribution in [0.2, 0.25) is 0 Å². The Morgan fingerprint density at radius 2 is 2.00 bits per heavy atom. The van der Waals surface area contributed by atoms with Gasteiger partial charge in [0.1, 0.15) is 0 Å². The normalized spacial score (nSPS) is 10.8. The zero-order valence-electron chi connectivity index (χ0n) is 12.4. The predicted octanol–water partition coefficient (Wildman–Crippen LogP) is 2.37. The lowest BCUT2D eigenvalue weighted by Crippen LogP contribution is -2.23. The van der Waals surface area contributed by atoms with E-state index in [0.29, 0.717) is 23.2 Å². The predicted molar refractivity (Wildman–Crippen MR) is 83.8 cm³/mol. The van der Waals surface area contributed by atoms with Crippen molar-refractivity contribution in [3.8, 4) is 0 Å². The molecule has 0 spiro atoms. The Labute approximate surface area is 127 Å². The maximum Gasteiger partial charge on any atom is 0.419 e. The molecule has 22 heavy (non-hydrogen) atoms. The van der Waals surface area contributed by atoms with E-state index in [9.17, 15) is 9.59 Å². The molecule has 0 unspecified atom stereocenters. The first-order valence-electron chi connectivity index (χ1n) is 6.98. The number of nitrogens with one attached hydrogen (secondary N) is 1. The van der Waals surface area contributed by atoms with Crippen molar-refractivity contribution in [1.82, 2.24) is 9.88 Å². The second kappa shape index (κ2) is 5.52. The smallest absolute Gasteiger partial charge is 0.408 e. The summed E-state index contributed by atoms with van der Waals surface area (Å²) in [6.45, 7) is 2.47. The van der Waals surface area contributed by atoms with Crippen molar-refractivity contribution in [2.24, 2.45) is 7.05 Å². The number of rotatable bonds is 3. The maximum atomic E-state index is 12.3. The number of hydrogen-bond donors (Lipinski definition) is 1. The van der Waals surface area contributed by atoms with Crippen LogP contribution in [0.25, 0.3) is 11.1 Å². The van der Waals surface area contributed by atoms with E-state index in [1.807, 2.05) is 31.2 Å². The molecule has 0 fully saturated rings. The third kappa shape index (κ3) is 2.53. The van der Waals surface area contributed by atoms with E-state index < -0.39 is 5.76 Å². The Hall–Kier alpha value is -2.82. The molecule has 1 amide bonds. The van der Waals surface area contributed by atoms with Gasteiger partial charge < -0.3 is 9.73 Å². The minimum absolute atomic E-state index is 0.182. The van der Waals surface area contributed by atoms with Gasteiger partial charge in [0, 0.05) is 19.2 Å². The molecule has 5 nitrogen and oxygen atoms in total. The molecule has 3 aromatic rings. The molecule has 0 saturated heterocycles. The molecule has 0 bridgehead atoms. The molecule has 1 aromatic heterocycles. The highest BCUT2D eigenvalue weighted by molar-refractivity contribution is 5.97. The lowest BCUT2D eigenvalue weighted by atomic mass is 10.1. The summed E-state index contributed by atoms with van der Waals surface area (Å²) in [6, 6.07) is 12.9. The lowest BCUT2D eigenvalue weighted by molar-refractivity contribution is 0.0951. The first kappa shape index (κ1) is 14.1. The summed E-state index contributed by atoms with van der Waals surface area (Å²) in [5.74, 6) is -0.619. The zero-order valence-corrected chi connectivity index (χ0v) is 12.4. The number of carbonyl (C=O) groups excluding carboxylic acids is 1. The van der Waals surface area contributed by atoms with Crippen LogP contribution < -0.4 is 11.1 Å². The van der Waals surface area contributed by atoms with Crippen LogP contribution in [0.3, 0.4) is 0 Å². The Bertz CT molecular complexity index is 906. The van der Waals surface area contributed by atoms with Crippen molar-refractivity contribution >= 4 is 17.0 Å². The summed E-state index contributed by atoms with van der Waals surface area (Å²) >= 11 is 0. The van der Waals surface area contributed by atoms with Gasteiger partial charge in [0.2, 0.25) is 0 Å². The Morgan fingerprint density at radius 1 is 1.23 bits per heavy atom. The number of carbonyl (C=O) groups is 1. The lowest BCUT2D eigenvalue weighted by Gasteiger charge is -2.08. The van der Waals surface area contributed by atoms with E-state index in [1.54, 1.807) is 25.2 Å². The average molecular weight is 296 g/mol. The van der Waals surface area contributed by atoms with Crippen LogP contribution in [0.4, 0.5) is 0 Å². The summed E-state index contributed by atoms with van der Waals surface area (Å²) in [7, 11) is 1.61. The van der Waals surface area contributed by atoms with E-state index in [2.05, 4.69) is 5.32 Å². The van der Waals surface area contributed by atoms with Crippen molar-refractivity contribution in [3.63, 3.8) is 0 Å². The molecule has 0 aliphatic rings. The number of fused-ring (bicyclic) bond motifs is 1. The average Bonchev–Trinajstić information content (AvgIpc) is 2.81. The van der Waals surface area contributed by atoms with Crippen LogP contribution in [0, 0.1) is 6.92 Å².